The van der Waals surface area contributed by atoms with E-state index >= 15 is 0 Å². The molecule has 2 rings (SSSR count). The molecule has 80 valence electrons. The molecule has 1 heterocycles. The first-order valence-electron chi connectivity index (χ1n) is 4.92. The quantitative estimate of drug-likeness (QED) is 0.808. The number of anilines is 1. The van der Waals surface area contributed by atoms with E-state index in [2.05, 4.69) is 5.32 Å². The summed E-state index contributed by atoms with van der Waals surface area (Å²) in [5, 5.41) is 12.2. The maximum Gasteiger partial charge on any atom is 0.310 e. The minimum atomic E-state index is -0.779. The van der Waals surface area contributed by atoms with E-state index in [1.807, 2.05) is 30.0 Å². The molecular weight excluding hydrogens is 210 g/mol. The topological polar surface area (TPSA) is 49.3 Å². The SMILES string of the molecule is CC(C(=O)O)c1ccc2c(c1)NCCS2. The van der Waals surface area contributed by atoms with Gasteiger partial charge >= 0.3 is 5.97 Å². The fourth-order valence-corrected chi connectivity index (χ4v) is 2.45. The summed E-state index contributed by atoms with van der Waals surface area (Å²) in [6.45, 7) is 2.66. The van der Waals surface area contributed by atoms with Gasteiger partial charge in [0.1, 0.15) is 0 Å². The van der Waals surface area contributed by atoms with Crippen molar-refractivity contribution in [1.82, 2.24) is 0 Å². The van der Waals surface area contributed by atoms with Gasteiger partial charge in [-0.05, 0) is 24.6 Å². The number of carbonyl (C=O) groups is 1. The van der Waals surface area contributed by atoms with Gasteiger partial charge in [-0.2, -0.15) is 0 Å². The van der Waals surface area contributed by atoms with Gasteiger partial charge in [0.2, 0.25) is 0 Å². The second-order valence-corrected chi connectivity index (χ2v) is 4.73. The fraction of sp³-hybridized carbons (Fsp3) is 0.364. The van der Waals surface area contributed by atoms with E-state index in [0.717, 1.165) is 23.5 Å². The Morgan fingerprint density at radius 1 is 1.60 bits per heavy atom. The van der Waals surface area contributed by atoms with E-state index in [-0.39, 0.29) is 0 Å². The van der Waals surface area contributed by atoms with Gasteiger partial charge in [0.05, 0.1) is 5.92 Å². The van der Waals surface area contributed by atoms with Crippen molar-refractivity contribution >= 4 is 23.4 Å². The van der Waals surface area contributed by atoms with E-state index in [0.29, 0.717) is 0 Å². The summed E-state index contributed by atoms with van der Waals surface area (Å²) in [6.07, 6.45) is 0. The molecule has 1 aromatic carbocycles. The maximum atomic E-state index is 10.8. The van der Waals surface area contributed by atoms with Crippen LogP contribution in [0, 0.1) is 0 Å². The summed E-state index contributed by atoms with van der Waals surface area (Å²) in [7, 11) is 0. The van der Waals surface area contributed by atoms with Crippen molar-refractivity contribution in [3.05, 3.63) is 23.8 Å². The number of fused-ring (bicyclic) bond motifs is 1. The van der Waals surface area contributed by atoms with Gasteiger partial charge in [-0.3, -0.25) is 4.79 Å². The molecule has 2 N–H and O–H groups in total. The zero-order valence-electron chi connectivity index (χ0n) is 8.49. The predicted octanol–water partition coefficient (Wildman–Crippen LogP) is 2.39. The highest BCUT2D eigenvalue weighted by atomic mass is 32.2. The van der Waals surface area contributed by atoms with Gasteiger partial charge in [-0.25, -0.2) is 0 Å². The first-order valence-corrected chi connectivity index (χ1v) is 5.90. The molecule has 1 unspecified atom stereocenters. The van der Waals surface area contributed by atoms with Crippen LogP contribution in [0.4, 0.5) is 5.69 Å². The van der Waals surface area contributed by atoms with E-state index in [9.17, 15) is 4.79 Å². The van der Waals surface area contributed by atoms with Gasteiger partial charge in [-0.1, -0.05) is 6.07 Å². The van der Waals surface area contributed by atoms with Gasteiger partial charge in [0, 0.05) is 22.9 Å². The highest BCUT2D eigenvalue weighted by Crippen LogP contribution is 2.33. The van der Waals surface area contributed by atoms with E-state index < -0.39 is 11.9 Å². The number of carboxylic acid groups (broad SMARTS) is 1. The summed E-state index contributed by atoms with van der Waals surface area (Å²) in [6, 6.07) is 5.85. The number of hydrogen-bond acceptors (Lipinski definition) is 3. The number of hydrogen-bond donors (Lipinski definition) is 2. The number of thioether (sulfide) groups is 1. The Labute approximate surface area is 92.9 Å². The lowest BCUT2D eigenvalue weighted by molar-refractivity contribution is -0.138. The summed E-state index contributed by atoms with van der Waals surface area (Å²) >= 11 is 1.81. The monoisotopic (exact) mass is 223 g/mol. The van der Waals surface area contributed by atoms with Crippen LogP contribution in [0.25, 0.3) is 0 Å². The molecule has 0 fully saturated rings. The molecule has 1 aromatic rings. The highest BCUT2D eigenvalue weighted by molar-refractivity contribution is 7.99. The Morgan fingerprint density at radius 2 is 2.40 bits per heavy atom. The third kappa shape index (κ3) is 2.09. The van der Waals surface area contributed by atoms with Gasteiger partial charge in [0.25, 0.3) is 0 Å². The minimum absolute atomic E-state index is 0.441. The largest absolute Gasteiger partial charge is 0.481 e. The molecule has 0 aliphatic carbocycles. The van der Waals surface area contributed by atoms with E-state index in [4.69, 9.17) is 5.11 Å². The third-order valence-electron chi connectivity index (χ3n) is 2.55. The molecule has 0 bridgehead atoms. The standard InChI is InChI=1S/C11H13NO2S/c1-7(11(13)14)8-2-3-10-9(6-8)12-4-5-15-10/h2-3,6-7,12H,4-5H2,1H3,(H,13,14). The van der Waals surface area contributed by atoms with Crippen LogP contribution in [0.3, 0.4) is 0 Å². The Morgan fingerprint density at radius 3 is 3.13 bits per heavy atom. The normalized spacial score (nSPS) is 16.3. The maximum absolute atomic E-state index is 10.8. The van der Waals surface area contributed by atoms with Crippen molar-refractivity contribution in [3.63, 3.8) is 0 Å². The Hall–Kier alpha value is -1.16. The summed E-state index contributed by atoms with van der Waals surface area (Å²) < 4.78 is 0. The lowest BCUT2D eigenvalue weighted by Gasteiger charge is -2.19. The van der Waals surface area contributed by atoms with Gasteiger partial charge < -0.3 is 10.4 Å². The average molecular weight is 223 g/mol. The van der Waals surface area contributed by atoms with Crippen LogP contribution >= 0.6 is 11.8 Å². The molecule has 0 radical (unpaired) electrons. The molecule has 1 atom stereocenters. The summed E-state index contributed by atoms with van der Waals surface area (Å²) in [4.78, 5) is 12.1. The molecule has 0 spiro atoms. The number of benzene rings is 1. The molecule has 1 aliphatic heterocycles. The predicted molar refractivity (Wildman–Crippen MR) is 61.7 cm³/mol. The molecular formula is C11H13NO2S. The smallest absolute Gasteiger partial charge is 0.310 e. The van der Waals surface area contributed by atoms with Crippen molar-refractivity contribution in [2.45, 2.75) is 17.7 Å². The van der Waals surface area contributed by atoms with E-state index in [1.165, 1.54) is 4.90 Å². The number of aliphatic carboxylic acids is 1. The molecule has 0 saturated heterocycles. The van der Waals surface area contributed by atoms with Crippen LogP contribution in [0.2, 0.25) is 0 Å². The average Bonchev–Trinajstić information content (AvgIpc) is 2.27. The lowest BCUT2D eigenvalue weighted by atomic mass is 10.0. The second-order valence-electron chi connectivity index (χ2n) is 3.59. The molecule has 0 amide bonds. The van der Waals surface area contributed by atoms with Gasteiger partial charge in [-0.15, -0.1) is 11.8 Å². The van der Waals surface area contributed by atoms with Crippen LogP contribution < -0.4 is 5.32 Å². The van der Waals surface area contributed by atoms with Crippen molar-refractivity contribution in [2.24, 2.45) is 0 Å². The van der Waals surface area contributed by atoms with Crippen LogP contribution in [0.5, 0.6) is 0 Å². The fourth-order valence-electron chi connectivity index (χ4n) is 1.57. The molecule has 4 heteroatoms. The molecule has 0 aromatic heterocycles. The molecule has 15 heavy (non-hydrogen) atoms. The highest BCUT2D eigenvalue weighted by Gasteiger charge is 2.16. The Bertz CT molecular complexity index is 392. The first kappa shape index (κ1) is 10.4. The van der Waals surface area contributed by atoms with E-state index in [1.54, 1.807) is 6.92 Å². The van der Waals surface area contributed by atoms with Crippen molar-refractivity contribution in [1.29, 1.82) is 0 Å². The van der Waals surface area contributed by atoms with Crippen LogP contribution in [-0.2, 0) is 4.79 Å². The number of nitrogens with one attached hydrogen (secondary N) is 1. The van der Waals surface area contributed by atoms with Crippen molar-refractivity contribution in [3.8, 4) is 0 Å². The summed E-state index contributed by atoms with van der Waals surface area (Å²) in [5.41, 5.74) is 1.92. The number of rotatable bonds is 2. The van der Waals surface area contributed by atoms with Crippen molar-refractivity contribution in [2.75, 3.05) is 17.6 Å². The lowest BCUT2D eigenvalue weighted by Crippen LogP contribution is -2.12. The van der Waals surface area contributed by atoms with Crippen molar-refractivity contribution < 1.29 is 9.90 Å². The first-order chi connectivity index (χ1) is 7.18. The summed E-state index contributed by atoms with van der Waals surface area (Å²) in [5.74, 6) is -0.150. The third-order valence-corrected chi connectivity index (χ3v) is 3.62. The molecule has 3 nitrogen and oxygen atoms in total. The zero-order valence-corrected chi connectivity index (χ0v) is 9.30. The Kier molecular flexibility index (Phi) is 2.86. The second kappa shape index (κ2) is 4.14. The molecule has 1 aliphatic rings. The van der Waals surface area contributed by atoms with Crippen LogP contribution in [-0.4, -0.2) is 23.4 Å². The minimum Gasteiger partial charge on any atom is -0.481 e. The van der Waals surface area contributed by atoms with Crippen LogP contribution in [0.1, 0.15) is 18.4 Å². The van der Waals surface area contributed by atoms with Gasteiger partial charge in [0.15, 0.2) is 0 Å². The van der Waals surface area contributed by atoms with Crippen LogP contribution in [0.15, 0.2) is 23.1 Å². The number of carboxylic acids is 1. The molecule has 0 saturated carbocycles. The zero-order chi connectivity index (χ0) is 10.8. The Balaban J connectivity index is 2.31.